The summed E-state index contributed by atoms with van der Waals surface area (Å²) < 4.78 is 5.25. The Kier molecular flexibility index (Phi) is 7.18. The van der Waals surface area contributed by atoms with Crippen LogP contribution in [0.1, 0.15) is 10.4 Å². The number of hydrogen-bond acceptors (Lipinski definition) is 3. The van der Waals surface area contributed by atoms with Gasteiger partial charge in [-0.1, -0.05) is 23.7 Å². The molecule has 0 aliphatic rings. The zero-order valence-corrected chi connectivity index (χ0v) is 13.7. The Balaban J connectivity index is 0.00000242. The summed E-state index contributed by atoms with van der Waals surface area (Å²) in [6.07, 6.45) is 0. The number of nitrogens with two attached hydrogens (primary N) is 1. The monoisotopic (exact) mass is 340 g/mol. The summed E-state index contributed by atoms with van der Waals surface area (Å²) in [4.78, 5) is 14.4. The van der Waals surface area contributed by atoms with Crippen molar-refractivity contribution >= 4 is 35.6 Å². The summed E-state index contributed by atoms with van der Waals surface area (Å²) in [6, 6.07) is 14.2. The van der Waals surface area contributed by atoms with Crippen LogP contribution in [-0.2, 0) is 0 Å². The molecule has 0 atom stereocenters. The molecule has 0 unspecified atom stereocenters. The molecular formula is C16H18Cl2N2O2. The van der Waals surface area contributed by atoms with Crippen molar-refractivity contribution in [2.24, 2.45) is 5.73 Å². The van der Waals surface area contributed by atoms with Gasteiger partial charge in [-0.3, -0.25) is 4.79 Å². The smallest absolute Gasteiger partial charge is 0.262 e. The van der Waals surface area contributed by atoms with Crippen molar-refractivity contribution in [1.29, 1.82) is 0 Å². The predicted octanol–water partition coefficient (Wildman–Crippen LogP) is 3.38. The molecule has 1 amide bonds. The molecule has 0 saturated heterocycles. The number of para-hydroxylation sites is 1. The molecule has 118 valence electrons. The first-order valence-electron chi connectivity index (χ1n) is 6.58. The first kappa shape index (κ1) is 18.3. The first-order valence-corrected chi connectivity index (χ1v) is 6.95. The van der Waals surface area contributed by atoms with E-state index in [9.17, 15) is 4.79 Å². The van der Waals surface area contributed by atoms with Crippen LogP contribution in [0.15, 0.2) is 48.5 Å². The summed E-state index contributed by atoms with van der Waals surface area (Å²) >= 11 is 5.89. The van der Waals surface area contributed by atoms with Gasteiger partial charge in [0.2, 0.25) is 0 Å². The van der Waals surface area contributed by atoms with Crippen molar-refractivity contribution in [3.05, 3.63) is 59.1 Å². The van der Waals surface area contributed by atoms with Crippen LogP contribution >= 0.6 is 24.0 Å². The van der Waals surface area contributed by atoms with Crippen molar-refractivity contribution in [3.63, 3.8) is 0 Å². The highest BCUT2D eigenvalue weighted by molar-refractivity contribution is 6.30. The van der Waals surface area contributed by atoms with Gasteiger partial charge >= 0.3 is 0 Å². The molecule has 0 fully saturated rings. The van der Waals surface area contributed by atoms with Crippen LogP contribution in [0.25, 0.3) is 0 Å². The fraction of sp³-hybridized carbons (Fsp3) is 0.188. The third-order valence-electron chi connectivity index (χ3n) is 3.07. The number of amides is 1. The van der Waals surface area contributed by atoms with Crippen molar-refractivity contribution < 1.29 is 9.53 Å². The zero-order chi connectivity index (χ0) is 15.2. The zero-order valence-electron chi connectivity index (χ0n) is 12.2. The van der Waals surface area contributed by atoms with Gasteiger partial charge in [0, 0.05) is 23.8 Å². The van der Waals surface area contributed by atoms with Gasteiger partial charge in [-0.2, -0.15) is 0 Å². The second-order valence-corrected chi connectivity index (χ2v) is 4.86. The molecule has 0 aromatic heterocycles. The minimum Gasteiger partial charge on any atom is -0.496 e. The van der Waals surface area contributed by atoms with Crippen LogP contribution in [0.5, 0.6) is 5.75 Å². The molecule has 0 bridgehead atoms. The van der Waals surface area contributed by atoms with Crippen LogP contribution in [-0.4, -0.2) is 26.1 Å². The van der Waals surface area contributed by atoms with Crippen LogP contribution in [0.4, 0.5) is 5.69 Å². The number of methoxy groups -OCH3 is 1. The van der Waals surface area contributed by atoms with Crippen LogP contribution < -0.4 is 15.4 Å². The van der Waals surface area contributed by atoms with Gasteiger partial charge in [0.05, 0.1) is 12.7 Å². The van der Waals surface area contributed by atoms with Crippen molar-refractivity contribution in [2.45, 2.75) is 0 Å². The Labute approximate surface area is 141 Å². The topological polar surface area (TPSA) is 55.6 Å². The van der Waals surface area contributed by atoms with Crippen LogP contribution in [0.2, 0.25) is 5.02 Å². The summed E-state index contributed by atoms with van der Waals surface area (Å²) in [5, 5.41) is 0.621. The highest BCUT2D eigenvalue weighted by Gasteiger charge is 2.20. The minimum atomic E-state index is -0.153. The van der Waals surface area contributed by atoms with E-state index in [-0.39, 0.29) is 18.3 Å². The number of halogens is 2. The Morgan fingerprint density at radius 1 is 1.18 bits per heavy atom. The molecule has 2 aromatic rings. The summed E-state index contributed by atoms with van der Waals surface area (Å²) in [7, 11) is 1.54. The third-order valence-corrected chi connectivity index (χ3v) is 3.33. The quantitative estimate of drug-likeness (QED) is 0.907. The minimum absolute atomic E-state index is 0. The molecule has 6 heteroatoms. The van der Waals surface area contributed by atoms with E-state index in [4.69, 9.17) is 22.1 Å². The van der Waals surface area contributed by atoms with Gasteiger partial charge in [-0.25, -0.2) is 0 Å². The Morgan fingerprint density at radius 3 is 2.41 bits per heavy atom. The number of nitrogens with zero attached hydrogens (tertiary/aromatic N) is 1. The Bertz CT molecular complexity index is 618. The molecule has 0 aliphatic carbocycles. The standard InChI is InChI=1S/C16H17ClN2O2.ClH/c1-21-15-5-3-2-4-14(15)16(20)19(11-10-18)13-8-6-12(17)7-9-13;/h2-9H,10-11,18H2,1H3;1H. The van der Waals surface area contributed by atoms with E-state index >= 15 is 0 Å². The maximum atomic E-state index is 12.8. The maximum absolute atomic E-state index is 12.8. The maximum Gasteiger partial charge on any atom is 0.262 e. The molecule has 2 N–H and O–H groups in total. The van der Waals surface area contributed by atoms with E-state index in [0.717, 1.165) is 5.69 Å². The van der Waals surface area contributed by atoms with Crippen LogP contribution in [0, 0.1) is 0 Å². The van der Waals surface area contributed by atoms with Crippen LogP contribution in [0.3, 0.4) is 0 Å². The summed E-state index contributed by atoms with van der Waals surface area (Å²) in [6.45, 7) is 0.780. The van der Waals surface area contributed by atoms with Gasteiger partial charge in [0.1, 0.15) is 5.75 Å². The number of carbonyl (C=O) groups excluding carboxylic acids is 1. The van der Waals surface area contributed by atoms with Gasteiger partial charge in [-0.05, 0) is 36.4 Å². The number of hydrogen-bond donors (Lipinski definition) is 1. The molecule has 2 rings (SSSR count). The van der Waals surface area contributed by atoms with E-state index in [1.807, 2.05) is 6.07 Å². The Morgan fingerprint density at radius 2 is 1.82 bits per heavy atom. The average Bonchev–Trinajstić information content (AvgIpc) is 2.53. The van der Waals surface area contributed by atoms with Gasteiger partial charge < -0.3 is 15.4 Å². The normalized spacial score (nSPS) is 9.77. The van der Waals surface area contributed by atoms with Crippen molar-refractivity contribution in [3.8, 4) is 5.75 Å². The lowest BCUT2D eigenvalue weighted by molar-refractivity contribution is 0.0984. The fourth-order valence-corrected chi connectivity index (χ4v) is 2.19. The van der Waals surface area contributed by atoms with Gasteiger partial charge in [-0.15, -0.1) is 12.4 Å². The molecular weight excluding hydrogens is 323 g/mol. The lowest BCUT2D eigenvalue weighted by atomic mass is 10.1. The van der Waals surface area contributed by atoms with E-state index in [2.05, 4.69) is 0 Å². The Hall–Kier alpha value is -1.75. The molecule has 0 aliphatic heterocycles. The van der Waals surface area contributed by atoms with E-state index < -0.39 is 0 Å². The largest absolute Gasteiger partial charge is 0.496 e. The number of benzene rings is 2. The molecule has 2 aromatic carbocycles. The molecule has 4 nitrogen and oxygen atoms in total. The summed E-state index contributed by atoms with van der Waals surface area (Å²) in [5.41, 5.74) is 6.89. The summed E-state index contributed by atoms with van der Waals surface area (Å²) in [5.74, 6) is 0.388. The second kappa shape index (κ2) is 8.63. The average molecular weight is 341 g/mol. The van der Waals surface area contributed by atoms with E-state index in [1.54, 1.807) is 54.5 Å². The fourth-order valence-electron chi connectivity index (χ4n) is 2.06. The van der Waals surface area contributed by atoms with E-state index in [1.165, 1.54) is 0 Å². The number of anilines is 1. The van der Waals surface area contributed by atoms with Gasteiger partial charge in [0.15, 0.2) is 0 Å². The SMILES string of the molecule is COc1ccccc1C(=O)N(CCN)c1ccc(Cl)cc1.Cl. The number of carbonyl (C=O) groups is 1. The predicted molar refractivity (Wildman–Crippen MR) is 92.4 cm³/mol. The molecule has 0 spiro atoms. The van der Waals surface area contributed by atoms with Crippen molar-refractivity contribution in [1.82, 2.24) is 0 Å². The number of ether oxygens (including phenoxy) is 1. The lowest BCUT2D eigenvalue weighted by Crippen LogP contribution is -2.35. The molecule has 0 radical (unpaired) electrons. The molecule has 0 heterocycles. The lowest BCUT2D eigenvalue weighted by Gasteiger charge is -2.23. The number of rotatable bonds is 5. The molecule has 22 heavy (non-hydrogen) atoms. The van der Waals surface area contributed by atoms with Crippen molar-refractivity contribution in [2.75, 3.05) is 25.1 Å². The van der Waals surface area contributed by atoms with E-state index in [0.29, 0.717) is 29.4 Å². The van der Waals surface area contributed by atoms with Gasteiger partial charge in [0.25, 0.3) is 5.91 Å². The third kappa shape index (κ3) is 4.13. The highest BCUT2D eigenvalue weighted by atomic mass is 35.5. The first-order chi connectivity index (χ1) is 10.2. The highest BCUT2D eigenvalue weighted by Crippen LogP contribution is 2.24. The molecule has 0 saturated carbocycles. The second-order valence-electron chi connectivity index (χ2n) is 4.42.